The zero-order valence-electron chi connectivity index (χ0n) is 14.7. The summed E-state index contributed by atoms with van der Waals surface area (Å²) in [4.78, 5) is 16.8. The third-order valence-electron chi connectivity index (χ3n) is 4.13. The van der Waals surface area contributed by atoms with Gasteiger partial charge in [0.25, 0.3) is 5.91 Å². The molecule has 4 aromatic rings. The second-order valence-corrected chi connectivity index (χ2v) is 6.34. The zero-order chi connectivity index (χ0) is 19.7. The lowest BCUT2D eigenvalue weighted by atomic mass is 10.1. The van der Waals surface area contributed by atoms with Crippen LogP contribution in [0.1, 0.15) is 10.4 Å². The highest BCUT2D eigenvalue weighted by Gasteiger charge is 2.16. The summed E-state index contributed by atoms with van der Waals surface area (Å²) in [6.07, 6.45) is 1.78. The van der Waals surface area contributed by atoms with Gasteiger partial charge in [-0.15, -0.1) is 5.10 Å². The molecule has 4 rings (SSSR count). The minimum atomic E-state index is -0.672. The van der Waals surface area contributed by atoms with Crippen LogP contribution < -0.4 is 10.1 Å². The van der Waals surface area contributed by atoms with Gasteiger partial charge in [0.2, 0.25) is 5.88 Å². The van der Waals surface area contributed by atoms with Gasteiger partial charge in [0, 0.05) is 17.3 Å². The number of rotatable bonds is 4. The Morgan fingerprint density at radius 3 is 2.64 bits per heavy atom. The predicted molar refractivity (Wildman–Crippen MR) is 104 cm³/mol. The molecule has 8 heteroatoms. The van der Waals surface area contributed by atoms with E-state index in [2.05, 4.69) is 15.4 Å². The molecule has 28 heavy (non-hydrogen) atoms. The molecule has 1 amide bonds. The summed E-state index contributed by atoms with van der Waals surface area (Å²) in [5.74, 6) is -0.796. The van der Waals surface area contributed by atoms with Gasteiger partial charge in [-0.2, -0.15) is 0 Å². The van der Waals surface area contributed by atoms with E-state index in [1.807, 2.05) is 6.07 Å². The van der Waals surface area contributed by atoms with Gasteiger partial charge in [-0.3, -0.25) is 4.79 Å². The van der Waals surface area contributed by atoms with Gasteiger partial charge in [0.1, 0.15) is 5.82 Å². The highest BCUT2D eigenvalue weighted by Crippen LogP contribution is 2.24. The highest BCUT2D eigenvalue weighted by molar-refractivity contribution is 6.34. The Balaban J connectivity index is 1.56. The molecule has 0 fully saturated rings. The molecule has 6 nitrogen and oxygen atoms in total. The molecule has 0 unspecified atom stereocenters. The van der Waals surface area contributed by atoms with Gasteiger partial charge < -0.3 is 10.1 Å². The van der Waals surface area contributed by atoms with Crippen molar-refractivity contribution in [2.45, 2.75) is 0 Å². The second kappa shape index (κ2) is 7.28. The normalized spacial score (nSPS) is 10.8. The van der Waals surface area contributed by atoms with Crippen molar-refractivity contribution in [1.29, 1.82) is 0 Å². The largest absolute Gasteiger partial charge is 0.480 e. The van der Waals surface area contributed by atoms with Crippen molar-refractivity contribution in [3.63, 3.8) is 0 Å². The SMILES string of the molecule is COc1ccc2nc(-c3ccc(NC(=O)c4c(F)cccc4Cl)cc3)cn2n1. The Labute approximate surface area is 164 Å². The maximum absolute atomic E-state index is 13.9. The number of ether oxygens (including phenoxy) is 1. The summed E-state index contributed by atoms with van der Waals surface area (Å²) in [6, 6.07) is 14.7. The Morgan fingerprint density at radius 1 is 1.14 bits per heavy atom. The van der Waals surface area contributed by atoms with Crippen molar-refractivity contribution >= 4 is 28.8 Å². The number of nitrogens with one attached hydrogen (secondary N) is 1. The molecule has 2 heterocycles. The van der Waals surface area contributed by atoms with Gasteiger partial charge in [-0.05, 0) is 30.3 Å². The van der Waals surface area contributed by atoms with E-state index in [-0.39, 0.29) is 10.6 Å². The second-order valence-electron chi connectivity index (χ2n) is 5.93. The number of benzene rings is 2. The fraction of sp³-hybridized carbons (Fsp3) is 0.0500. The molecule has 0 aliphatic heterocycles. The fourth-order valence-corrected chi connectivity index (χ4v) is 2.99. The monoisotopic (exact) mass is 396 g/mol. The number of carbonyl (C=O) groups excluding carboxylic acids is 1. The first-order chi connectivity index (χ1) is 13.5. The minimum Gasteiger partial charge on any atom is -0.480 e. The lowest BCUT2D eigenvalue weighted by molar-refractivity contribution is 0.102. The average Bonchev–Trinajstić information content (AvgIpc) is 3.11. The van der Waals surface area contributed by atoms with Crippen LogP contribution >= 0.6 is 11.6 Å². The van der Waals surface area contributed by atoms with Crippen LogP contribution in [0.2, 0.25) is 5.02 Å². The van der Waals surface area contributed by atoms with Crippen LogP contribution in [-0.2, 0) is 0 Å². The first-order valence-electron chi connectivity index (χ1n) is 8.31. The number of imidazole rings is 1. The molecule has 0 spiro atoms. The molecule has 0 atom stereocenters. The van der Waals surface area contributed by atoms with E-state index >= 15 is 0 Å². The van der Waals surface area contributed by atoms with Gasteiger partial charge in [-0.25, -0.2) is 13.9 Å². The predicted octanol–water partition coefficient (Wildman–Crippen LogP) is 4.45. The van der Waals surface area contributed by atoms with E-state index in [4.69, 9.17) is 16.3 Å². The van der Waals surface area contributed by atoms with Crippen LogP contribution in [0.15, 0.2) is 60.8 Å². The Bertz CT molecular complexity index is 1150. The summed E-state index contributed by atoms with van der Waals surface area (Å²) in [7, 11) is 1.55. The summed E-state index contributed by atoms with van der Waals surface area (Å²) in [5.41, 5.74) is 2.56. The fourth-order valence-electron chi connectivity index (χ4n) is 2.75. The van der Waals surface area contributed by atoms with E-state index in [0.29, 0.717) is 17.2 Å². The summed E-state index contributed by atoms with van der Waals surface area (Å²) >= 11 is 5.93. The van der Waals surface area contributed by atoms with E-state index < -0.39 is 11.7 Å². The standard InChI is InChI=1S/C20H14ClFN4O2/c1-28-18-10-9-17-24-16(11-26(17)25-18)12-5-7-13(8-6-12)23-20(27)19-14(21)3-2-4-15(19)22/h2-11H,1H3,(H,23,27). The summed E-state index contributed by atoms with van der Waals surface area (Å²) in [6.45, 7) is 0. The molecule has 2 aromatic carbocycles. The smallest absolute Gasteiger partial charge is 0.260 e. The number of aromatic nitrogens is 3. The van der Waals surface area contributed by atoms with E-state index in [9.17, 15) is 9.18 Å². The van der Waals surface area contributed by atoms with Crippen LogP contribution in [0, 0.1) is 5.82 Å². The number of anilines is 1. The third kappa shape index (κ3) is 3.39. The van der Waals surface area contributed by atoms with Crippen LogP contribution in [0.5, 0.6) is 5.88 Å². The quantitative estimate of drug-likeness (QED) is 0.553. The number of methoxy groups -OCH3 is 1. The van der Waals surface area contributed by atoms with Gasteiger partial charge in [0.05, 0.1) is 29.6 Å². The van der Waals surface area contributed by atoms with Crippen molar-refractivity contribution in [1.82, 2.24) is 14.6 Å². The number of nitrogens with zero attached hydrogens (tertiary/aromatic N) is 3. The number of fused-ring (bicyclic) bond motifs is 1. The van der Waals surface area contributed by atoms with Gasteiger partial charge >= 0.3 is 0 Å². The van der Waals surface area contributed by atoms with Crippen LogP contribution in [0.3, 0.4) is 0 Å². The first kappa shape index (κ1) is 17.9. The molecular formula is C20H14ClFN4O2. The third-order valence-corrected chi connectivity index (χ3v) is 4.45. The molecule has 2 aromatic heterocycles. The molecule has 0 saturated heterocycles. The van der Waals surface area contributed by atoms with Crippen molar-refractivity contribution in [2.75, 3.05) is 12.4 Å². The van der Waals surface area contributed by atoms with Crippen LogP contribution in [0.25, 0.3) is 16.9 Å². The Kier molecular flexibility index (Phi) is 4.67. The lowest BCUT2D eigenvalue weighted by Gasteiger charge is -2.08. The maximum atomic E-state index is 13.9. The maximum Gasteiger partial charge on any atom is 0.260 e. The summed E-state index contributed by atoms with van der Waals surface area (Å²) < 4.78 is 20.6. The number of amides is 1. The molecule has 1 N–H and O–H groups in total. The van der Waals surface area contributed by atoms with E-state index in [0.717, 1.165) is 11.3 Å². The van der Waals surface area contributed by atoms with Crippen molar-refractivity contribution in [3.8, 4) is 17.1 Å². The van der Waals surface area contributed by atoms with E-state index in [1.54, 1.807) is 48.2 Å². The minimum absolute atomic E-state index is 0.0572. The molecular weight excluding hydrogens is 383 g/mol. The zero-order valence-corrected chi connectivity index (χ0v) is 15.4. The molecule has 140 valence electrons. The first-order valence-corrected chi connectivity index (χ1v) is 8.69. The topological polar surface area (TPSA) is 68.5 Å². The van der Waals surface area contributed by atoms with Gasteiger partial charge in [-0.1, -0.05) is 29.8 Å². The highest BCUT2D eigenvalue weighted by atomic mass is 35.5. The number of carbonyl (C=O) groups is 1. The van der Waals surface area contributed by atoms with Crippen molar-refractivity contribution < 1.29 is 13.9 Å². The van der Waals surface area contributed by atoms with Crippen LogP contribution in [0.4, 0.5) is 10.1 Å². The molecule has 0 aliphatic carbocycles. The van der Waals surface area contributed by atoms with E-state index in [1.165, 1.54) is 18.2 Å². The number of hydrogen-bond donors (Lipinski definition) is 1. The molecule has 0 radical (unpaired) electrons. The number of hydrogen-bond acceptors (Lipinski definition) is 4. The lowest BCUT2D eigenvalue weighted by Crippen LogP contribution is -2.14. The molecule has 0 saturated carbocycles. The average molecular weight is 397 g/mol. The Morgan fingerprint density at radius 2 is 1.93 bits per heavy atom. The molecule has 0 aliphatic rings. The Hall–Kier alpha value is -3.45. The molecule has 0 bridgehead atoms. The van der Waals surface area contributed by atoms with Crippen LogP contribution in [-0.4, -0.2) is 27.6 Å². The number of halogens is 2. The van der Waals surface area contributed by atoms with Crippen molar-refractivity contribution in [3.05, 3.63) is 77.2 Å². The van der Waals surface area contributed by atoms with Crippen molar-refractivity contribution in [2.24, 2.45) is 0 Å². The van der Waals surface area contributed by atoms with Gasteiger partial charge in [0.15, 0.2) is 5.65 Å². The summed E-state index contributed by atoms with van der Waals surface area (Å²) in [5, 5.41) is 6.97.